The van der Waals surface area contributed by atoms with Gasteiger partial charge in [0.1, 0.15) is 18.0 Å². The first kappa shape index (κ1) is 32.7. The topological polar surface area (TPSA) is 126 Å². The minimum absolute atomic E-state index is 0.0230. The Morgan fingerprint density at radius 1 is 0.822 bits per heavy atom. The third-order valence-electron chi connectivity index (χ3n) is 6.56. The largest absolute Gasteiger partial charge is 0.494 e. The van der Waals surface area contributed by atoms with Crippen molar-refractivity contribution in [2.45, 2.75) is 25.2 Å². The highest BCUT2D eigenvalue weighted by Gasteiger charge is 2.27. The van der Waals surface area contributed by atoms with Crippen LogP contribution in [-0.2, 0) is 26.0 Å². The molecule has 0 aliphatic carbocycles. The van der Waals surface area contributed by atoms with E-state index in [2.05, 4.69) is 15.8 Å². The van der Waals surface area contributed by atoms with E-state index in [0.717, 1.165) is 21.9 Å². The quantitative estimate of drug-likeness (QED) is 0.148. The van der Waals surface area contributed by atoms with Crippen molar-refractivity contribution in [2.24, 2.45) is 5.10 Å². The van der Waals surface area contributed by atoms with Crippen molar-refractivity contribution in [1.29, 1.82) is 0 Å². The monoisotopic (exact) mass is 628 g/mol. The van der Waals surface area contributed by atoms with Gasteiger partial charge in [-0.15, -0.1) is 0 Å². The Balaban J connectivity index is 1.31. The van der Waals surface area contributed by atoms with Crippen LogP contribution in [0.25, 0.3) is 0 Å². The molecule has 0 spiro atoms. The second-order valence-corrected chi connectivity index (χ2v) is 11.9. The zero-order valence-electron chi connectivity index (χ0n) is 25.2. The third kappa shape index (κ3) is 9.94. The van der Waals surface area contributed by atoms with E-state index < -0.39 is 22.5 Å². The van der Waals surface area contributed by atoms with Gasteiger partial charge in [0.25, 0.3) is 21.8 Å². The number of sulfonamides is 1. The zero-order valence-corrected chi connectivity index (χ0v) is 26.0. The van der Waals surface area contributed by atoms with E-state index in [0.29, 0.717) is 35.9 Å². The standard InChI is InChI=1S/C34H36N4O6S/c1-3-43-30-17-19-32(20-18-30)45(41,42)38(29-13-9-26(2)10-14-29)24-33(39)37-36-23-28-11-15-31(16-12-28)44-25-34(40)35-22-21-27-7-5-4-6-8-27/h4-20,23H,3,21-22,24-25H2,1-2H3,(H,35,40)(H,37,39)/b36-23-. The first-order chi connectivity index (χ1) is 21.7. The first-order valence-electron chi connectivity index (χ1n) is 14.4. The van der Waals surface area contributed by atoms with E-state index in [1.54, 1.807) is 60.7 Å². The van der Waals surface area contributed by atoms with Crippen molar-refractivity contribution in [3.05, 3.63) is 120 Å². The van der Waals surface area contributed by atoms with Gasteiger partial charge in [-0.3, -0.25) is 13.9 Å². The SMILES string of the molecule is CCOc1ccc(S(=O)(=O)N(CC(=O)N/N=C\c2ccc(OCC(=O)NCCc3ccccc3)cc2)c2ccc(C)cc2)cc1. The Morgan fingerprint density at radius 2 is 1.47 bits per heavy atom. The fraction of sp³-hybridized carbons (Fsp3) is 0.206. The molecule has 0 fully saturated rings. The summed E-state index contributed by atoms with van der Waals surface area (Å²) in [7, 11) is -4.08. The number of ether oxygens (including phenoxy) is 2. The van der Waals surface area contributed by atoms with E-state index in [9.17, 15) is 18.0 Å². The van der Waals surface area contributed by atoms with Gasteiger partial charge < -0.3 is 14.8 Å². The van der Waals surface area contributed by atoms with Crippen molar-refractivity contribution in [1.82, 2.24) is 10.7 Å². The van der Waals surface area contributed by atoms with E-state index >= 15 is 0 Å². The van der Waals surface area contributed by atoms with Crippen LogP contribution in [0.4, 0.5) is 5.69 Å². The van der Waals surface area contributed by atoms with Gasteiger partial charge in [0.05, 0.1) is 23.4 Å². The summed E-state index contributed by atoms with van der Waals surface area (Å²) in [6, 6.07) is 29.6. The molecule has 45 heavy (non-hydrogen) atoms. The Bertz CT molecular complexity index is 1680. The summed E-state index contributed by atoms with van der Waals surface area (Å²) < 4.78 is 39.2. The van der Waals surface area contributed by atoms with E-state index in [1.165, 1.54) is 18.3 Å². The highest BCUT2D eigenvalue weighted by atomic mass is 32.2. The van der Waals surface area contributed by atoms with Gasteiger partial charge in [0, 0.05) is 6.54 Å². The first-order valence-corrected chi connectivity index (χ1v) is 15.9. The molecule has 2 amide bonds. The van der Waals surface area contributed by atoms with E-state index in [4.69, 9.17) is 9.47 Å². The van der Waals surface area contributed by atoms with Gasteiger partial charge in [-0.1, -0.05) is 48.0 Å². The number of aryl methyl sites for hydroxylation is 1. The fourth-order valence-electron chi connectivity index (χ4n) is 4.21. The number of hydrazone groups is 1. The molecule has 0 aromatic heterocycles. The third-order valence-corrected chi connectivity index (χ3v) is 8.35. The molecule has 2 N–H and O–H groups in total. The van der Waals surface area contributed by atoms with Gasteiger partial charge in [-0.25, -0.2) is 13.8 Å². The normalized spacial score (nSPS) is 11.2. The van der Waals surface area contributed by atoms with Crippen LogP contribution < -0.4 is 24.5 Å². The number of hydrogen-bond acceptors (Lipinski definition) is 7. The average molecular weight is 629 g/mol. The average Bonchev–Trinajstić information content (AvgIpc) is 3.05. The van der Waals surface area contributed by atoms with Crippen LogP contribution in [0.2, 0.25) is 0 Å². The molecule has 4 aromatic rings. The minimum atomic E-state index is -4.08. The highest BCUT2D eigenvalue weighted by molar-refractivity contribution is 7.92. The van der Waals surface area contributed by atoms with E-state index in [1.807, 2.05) is 44.2 Å². The van der Waals surface area contributed by atoms with Crippen molar-refractivity contribution in [3.63, 3.8) is 0 Å². The molecule has 0 bridgehead atoms. The highest BCUT2D eigenvalue weighted by Crippen LogP contribution is 2.25. The smallest absolute Gasteiger partial charge is 0.264 e. The molecular formula is C34H36N4O6S. The summed E-state index contributed by atoms with van der Waals surface area (Å²) in [6.07, 6.45) is 2.16. The molecule has 0 aliphatic heterocycles. The van der Waals surface area contributed by atoms with Gasteiger partial charge >= 0.3 is 0 Å². The molecule has 0 aliphatic rings. The fourth-order valence-corrected chi connectivity index (χ4v) is 5.63. The number of carbonyl (C=O) groups excluding carboxylic acids is 2. The molecule has 0 heterocycles. The van der Waals surface area contributed by atoms with Crippen LogP contribution in [0.5, 0.6) is 11.5 Å². The van der Waals surface area contributed by atoms with Crippen molar-refractivity contribution < 1.29 is 27.5 Å². The van der Waals surface area contributed by atoms with Gasteiger partial charge in [-0.2, -0.15) is 5.10 Å². The number of nitrogens with one attached hydrogen (secondary N) is 2. The lowest BCUT2D eigenvalue weighted by Gasteiger charge is -2.24. The lowest BCUT2D eigenvalue weighted by Crippen LogP contribution is -2.39. The van der Waals surface area contributed by atoms with Crippen LogP contribution in [0.1, 0.15) is 23.6 Å². The summed E-state index contributed by atoms with van der Waals surface area (Å²) >= 11 is 0. The lowest BCUT2D eigenvalue weighted by molar-refractivity contribution is -0.123. The number of nitrogens with zero attached hydrogens (tertiary/aromatic N) is 2. The summed E-state index contributed by atoms with van der Waals surface area (Å²) in [4.78, 5) is 25.0. The predicted molar refractivity (Wildman–Crippen MR) is 174 cm³/mol. The van der Waals surface area contributed by atoms with Crippen molar-refractivity contribution >= 4 is 33.7 Å². The van der Waals surface area contributed by atoms with Crippen LogP contribution in [0.15, 0.2) is 113 Å². The van der Waals surface area contributed by atoms with E-state index in [-0.39, 0.29) is 17.4 Å². The molecule has 4 rings (SSSR count). The second-order valence-electron chi connectivity index (χ2n) is 9.99. The minimum Gasteiger partial charge on any atom is -0.494 e. The number of hydrogen-bond donors (Lipinski definition) is 2. The van der Waals surface area contributed by atoms with Crippen LogP contribution in [0.3, 0.4) is 0 Å². The van der Waals surface area contributed by atoms with Gasteiger partial charge in [-0.05, 0) is 92.1 Å². The summed E-state index contributed by atoms with van der Waals surface area (Å²) in [5.41, 5.74) is 5.49. The van der Waals surface area contributed by atoms with Crippen LogP contribution >= 0.6 is 0 Å². The van der Waals surface area contributed by atoms with Crippen LogP contribution in [-0.4, -0.2) is 52.8 Å². The molecule has 0 saturated heterocycles. The van der Waals surface area contributed by atoms with Crippen LogP contribution in [0, 0.1) is 6.92 Å². The van der Waals surface area contributed by atoms with Crippen molar-refractivity contribution in [2.75, 3.05) is 30.6 Å². The Morgan fingerprint density at radius 3 is 2.13 bits per heavy atom. The number of amides is 2. The summed E-state index contributed by atoms with van der Waals surface area (Å²) in [5.74, 6) is 0.204. The molecule has 0 saturated carbocycles. The van der Waals surface area contributed by atoms with Crippen molar-refractivity contribution in [3.8, 4) is 11.5 Å². The number of carbonyl (C=O) groups is 2. The van der Waals surface area contributed by atoms with Gasteiger partial charge in [0.2, 0.25) is 0 Å². The Kier molecular flexibility index (Phi) is 11.7. The number of rotatable bonds is 15. The molecule has 234 valence electrons. The second kappa shape index (κ2) is 16.1. The molecule has 0 atom stereocenters. The molecule has 0 radical (unpaired) electrons. The molecule has 4 aromatic carbocycles. The molecular weight excluding hydrogens is 592 g/mol. The maximum Gasteiger partial charge on any atom is 0.264 e. The lowest BCUT2D eigenvalue weighted by atomic mass is 10.1. The summed E-state index contributed by atoms with van der Waals surface area (Å²) in [5, 5.41) is 6.82. The molecule has 11 heteroatoms. The number of benzene rings is 4. The maximum absolute atomic E-state index is 13.6. The van der Waals surface area contributed by atoms with Gasteiger partial charge in [0.15, 0.2) is 6.61 Å². The Labute approximate surface area is 263 Å². The maximum atomic E-state index is 13.6. The Hall–Kier alpha value is -5.16. The predicted octanol–water partition coefficient (Wildman–Crippen LogP) is 4.48. The zero-order chi connectivity index (χ0) is 32.1. The molecule has 0 unspecified atom stereocenters. The molecule has 10 nitrogen and oxygen atoms in total. The number of anilines is 1. The summed E-state index contributed by atoms with van der Waals surface area (Å²) in [6.45, 7) is 4.09.